The Balaban J connectivity index is 1.46. The molecule has 0 bridgehead atoms. The van der Waals surface area contributed by atoms with E-state index in [1.165, 1.54) is 22.8 Å². The zero-order chi connectivity index (χ0) is 24.7. The summed E-state index contributed by atoms with van der Waals surface area (Å²) in [5.74, 6) is 0. The second kappa shape index (κ2) is 9.05. The molecule has 35 heavy (non-hydrogen) atoms. The van der Waals surface area contributed by atoms with Gasteiger partial charge in [0, 0.05) is 49.5 Å². The molecule has 0 N–H and O–H groups in total. The van der Waals surface area contributed by atoms with Crippen molar-refractivity contribution in [3.8, 4) is 11.1 Å². The topological polar surface area (TPSA) is 52.3 Å². The van der Waals surface area contributed by atoms with Gasteiger partial charge in [0.2, 0.25) is 0 Å². The van der Waals surface area contributed by atoms with Crippen molar-refractivity contribution >= 4 is 28.3 Å². The molecule has 0 unspecified atom stereocenters. The lowest BCUT2D eigenvalue weighted by molar-refractivity contribution is -0.137. The second-order valence-corrected chi connectivity index (χ2v) is 8.92. The number of hydrogen-bond acceptors (Lipinski definition) is 4. The van der Waals surface area contributed by atoms with Crippen LogP contribution in [0.1, 0.15) is 11.1 Å². The maximum atomic E-state index is 13.0. The highest BCUT2D eigenvalue weighted by Gasteiger charge is 2.33. The summed E-state index contributed by atoms with van der Waals surface area (Å²) in [6.07, 6.45) is 0.907. The van der Waals surface area contributed by atoms with E-state index in [1.54, 1.807) is 6.20 Å². The molecule has 1 aliphatic heterocycles. The molecule has 4 heterocycles. The number of aryl methyl sites for hydroxylation is 1. The Labute approximate surface area is 204 Å². The Morgan fingerprint density at radius 2 is 1.89 bits per heavy atom. The number of benzene rings is 1. The maximum Gasteiger partial charge on any atom is 0.417 e. The molecule has 1 fully saturated rings. The number of fused-ring (bicyclic) bond motifs is 1. The molecule has 4 aromatic rings. The zero-order valence-corrected chi connectivity index (χ0v) is 19.6. The molecule has 0 amide bonds. The minimum absolute atomic E-state index is 0.106. The summed E-state index contributed by atoms with van der Waals surface area (Å²) in [5.41, 5.74) is 2.76. The lowest BCUT2D eigenvalue weighted by Gasteiger charge is -2.28. The number of morpholine rings is 1. The fourth-order valence-electron chi connectivity index (χ4n) is 4.36. The van der Waals surface area contributed by atoms with Crippen LogP contribution in [-0.2, 0) is 24.5 Å². The molecule has 0 radical (unpaired) electrons. The minimum atomic E-state index is -4.52. The van der Waals surface area contributed by atoms with E-state index < -0.39 is 11.7 Å². The highest BCUT2D eigenvalue weighted by Crippen LogP contribution is 2.35. The van der Waals surface area contributed by atoms with Gasteiger partial charge in [0.1, 0.15) is 5.65 Å². The van der Waals surface area contributed by atoms with Crippen molar-refractivity contribution < 1.29 is 17.9 Å². The van der Waals surface area contributed by atoms with Crippen LogP contribution in [0.5, 0.6) is 0 Å². The van der Waals surface area contributed by atoms with Crippen molar-refractivity contribution in [2.24, 2.45) is 7.05 Å². The predicted molar refractivity (Wildman–Crippen MR) is 129 cm³/mol. The largest absolute Gasteiger partial charge is 0.417 e. The maximum absolute atomic E-state index is 13.0. The lowest BCUT2D eigenvalue weighted by atomic mass is 10.1. The molecular weight excluding hydrogens is 481 g/mol. The normalized spacial score (nSPS) is 14.6. The molecule has 1 aliphatic rings. The first kappa shape index (κ1) is 23.4. The summed E-state index contributed by atoms with van der Waals surface area (Å²) in [5, 5.41) is 0.544. The van der Waals surface area contributed by atoms with Crippen LogP contribution in [0.25, 0.3) is 22.2 Å². The van der Waals surface area contributed by atoms with Crippen LogP contribution >= 0.6 is 11.6 Å². The van der Waals surface area contributed by atoms with E-state index in [1.807, 2.05) is 30.1 Å². The molecule has 10 heteroatoms. The van der Waals surface area contributed by atoms with Crippen molar-refractivity contribution in [1.82, 2.24) is 14.1 Å². The summed E-state index contributed by atoms with van der Waals surface area (Å²) in [7, 11) is 1.91. The summed E-state index contributed by atoms with van der Waals surface area (Å²) in [6, 6.07) is 8.95. The van der Waals surface area contributed by atoms with Crippen molar-refractivity contribution in [2.45, 2.75) is 12.7 Å². The van der Waals surface area contributed by atoms with Gasteiger partial charge >= 0.3 is 6.18 Å². The highest BCUT2D eigenvalue weighted by atomic mass is 35.5. The fourth-order valence-corrected chi connectivity index (χ4v) is 4.67. The average molecular weight is 503 g/mol. The SMILES string of the molecule is Cn1cc(-c2ccn(Cc3ccc(C(F)(F)F)c(Cl)c3)c(=O)c2)c2cc(N3CCOCC3)cnc21. The van der Waals surface area contributed by atoms with Crippen LogP contribution < -0.4 is 10.5 Å². The first-order valence-electron chi connectivity index (χ1n) is 11.0. The number of alkyl halides is 3. The number of ether oxygens (including phenoxy) is 1. The Hall–Kier alpha value is -3.30. The molecule has 6 nitrogen and oxygen atoms in total. The van der Waals surface area contributed by atoms with E-state index in [2.05, 4.69) is 16.0 Å². The van der Waals surface area contributed by atoms with Crippen molar-refractivity contribution in [2.75, 3.05) is 31.2 Å². The number of nitrogens with zero attached hydrogens (tertiary/aromatic N) is 4. The zero-order valence-electron chi connectivity index (χ0n) is 18.8. The third-order valence-corrected chi connectivity index (χ3v) is 6.49. The van der Waals surface area contributed by atoms with Crippen molar-refractivity contribution in [1.29, 1.82) is 0 Å². The smallest absolute Gasteiger partial charge is 0.378 e. The van der Waals surface area contributed by atoms with Crippen LogP contribution in [0.4, 0.5) is 18.9 Å². The Morgan fingerprint density at radius 3 is 2.57 bits per heavy atom. The third kappa shape index (κ3) is 4.66. The van der Waals surface area contributed by atoms with Crippen LogP contribution in [0.15, 0.2) is 59.8 Å². The van der Waals surface area contributed by atoms with Crippen LogP contribution in [-0.4, -0.2) is 40.4 Å². The van der Waals surface area contributed by atoms with Crippen LogP contribution in [0, 0.1) is 0 Å². The van der Waals surface area contributed by atoms with Gasteiger partial charge in [-0.05, 0) is 35.4 Å². The Bertz CT molecular complexity index is 1460. The molecule has 3 aromatic heterocycles. The lowest BCUT2D eigenvalue weighted by Crippen LogP contribution is -2.36. The number of aromatic nitrogens is 3. The van der Waals surface area contributed by atoms with E-state index in [0.717, 1.165) is 47.0 Å². The number of pyridine rings is 2. The second-order valence-electron chi connectivity index (χ2n) is 8.51. The van der Waals surface area contributed by atoms with Crippen molar-refractivity contribution in [3.05, 3.63) is 81.5 Å². The van der Waals surface area contributed by atoms with Crippen LogP contribution in [0.2, 0.25) is 5.02 Å². The van der Waals surface area contributed by atoms with Gasteiger partial charge in [-0.1, -0.05) is 17.7 Å². The fraction of sp³-hybridized carbons (Fsp3) is 0.280. The van der Waals surface area contributed by atoms with Gasteiger partial charge in [0.25, 0.3) is 5.56 Å². The Morgan fingerprint density at radius 1 is 1.11 bits per heavy atom. The number of halogens is 4. The van der Waals surface area contributed by atoms with Crippen LogP contribution in [0.3, 0.4) is 0 Å². The van der Waals surface area contributed by atoms with Gasteiger partial charge in [0.05, 0.1) is 42.2 Å². The predicted octanol–water partition coefficient (Wildman–Crippen LogP) is 4.96. The molecule has 1 saturated heterocycles. The number of hydrogen-bond donors (Lipinski definition) is 0. The Kier molecular flexibility index (Phi) is 6.06. The van der Waals surface area contributed by atoms with Gasteiger partial charge in [-0.3, -0.25) is 4.79 Å². The standard InChI is InChI=1S/C25H22ClF3N4O2/c1-31-15-20(19-12-18(13-30-24(19)31)32-6-8-35-9-7-32)17-4-5-33(23(34)11-17)14-16-2-3-21(22(26)10-16)25(27,28)29/h2-5,10-13,15H,6-9,14H2,1H3. The van der Waals surface area contributed by atoms with E-state index in [0.29, 0.717) is 18.8 Å². The van der Waals surface area contributed by atoms with Crippen molar-refractivity contribution in [3.63, 3.8) is 0 Å². The highest BCUT2D eigenvalue weighted by molar-refractivity contribution is 6.31. The van der Waals surface area contributed by atoms with E-state index in [9.17, 15) is 18.0 Å². The molecule has 182 valence electrons. The molecule has 0 saturated carbocycles. The molecule has 0 spiro atoms. The van der Waals surface area contributed by atoms with Gasteiger partial charge in [-0.25, -0.2) is 4.98 Å². The molecule has 1 aromatic carbocycles. The van der Waals surface area contributed by atoms with Gasteiger partial charge in [-0.2, -0.15) is 13.2 Å². The quantitative estimate of drug-likeness (QED) is 0.396. The summed E-state index contributed by atoms with van der Waals surface area (Å²) >= 11 is 5.83. The first-order chi connectivity index (χ1) is 16.7. The van der Waals surface area contributed by atoms with E-state index in [-0.39, 0.29) is 17.1 Å². The number of anilines is 1. The molecule has 5 rings (SSSR count). The molecule has 0 atom stereocenters. The average Bonchev–Trinajstić information content (AvgIpc) is 3.16. The minimum Gasteiger partial charge on any atom is -0.378 e. The first-order valence-corrected chi connectivity index (χ1v) is 11.4. The van der Waals surface area contributed by atoms with Gasteiger partial charge in [0.15, 0.2) is 0 Å². The summed E-state index contributed by atoms with van der Waals surface area (Å²) in [4.78, 5) is 19.7. The summed E-state index contributed by atoms with van der Waals surface area (Å²) in [6.45, 7) is 3.03. The molecular formula is C25H22ClF3N4O2. The number of rotatable bonds is 4. The van der Waals surface area contributed by atoms with E-state index >= 15 is 0 Å². The monoisotopic (exact) mass is 502 g/mol. The molecule has 0 aliphatic carbocycles. The van der Waals surface area contributed by atoms with Gasteiger partial charge < -0.3 is 18.8 Å². The summed E-state index contributed by atoms with van der Waals surface area (Å²) < 4.78 is 47.7. The van der Waals surface area contributed by atoms with E-state index in [4.69, 9.17) is 16.3 Å². The van der Waals surface area contributed by atoms with Gasteiger partial charge in [-0.15, -0.1) is 0 Å². The third-order valence-electron chi connectivity index (χ3n) is 6.17.